The summed E-state index contributed by atoms with van der Waals surface area (Å²) >= 11 is 0. The van der Waals surface area contributed by atoms with Crippen molar-refractivity contribution in [2.45, 2.75) is 46.0 Å². The van der Waals surface area contributed by atoms with E-state index in [1.807, 2.05) is 18.2 Å². The molecule has 0 saturated heterocycles. The zero-order valence-electron chi connectivity index (χ0n) is 11.0. The summed E-state index contributed by atoms with van der Waals surface area (Å²) in [7, 11) is 0. The number of carbonyl (C=O) groups excluding carboxylic acids is 1. The molecule has 0 amide bonds. The van der Waals surface area contributed by atoms with Crippen molar-refractivity contribution in [2.75, 3.05) is 6.61 Å². The van der Waals surface area contributed by atoms with E-state index in [9.17, 15) is 4.79 Å². The Hall–Kier alpha value is -1.31. The summed E-state index contributed by atoms with van der Waals surface area (Å²) < 4.78 is 5.78. The van der Waals surface area contributed by atoms with E-state index in [2.05, 4.69) is 20.8 Å². The molecule has 0 aliphatic rings. The molecule has 0 N–H and O–H groups in total. The Morgan fingerprint density at radius 3 is 2.71 bits per heavy atom. The molecule has 0 bridgehead atoms. The predicted octanol–water partition coefficient (Wildman–Crippen LogP) is 4.19. The zero-order chi connectivity index (χ0) is 12.7. The third kappa shape index (κ3) is 3.88. The molecule has 0 heterocycles. The van der Waals surface area contributed by atoms with Crippen LogP contribution in [-0.4, -0.2) is 12.9 Å². The van der Waals surface area contributed by atoms with Crippen LogP contribution in [0.5, 0.6) is 5.75 Å². The summed E-state index contributed by atoms with van der Waals surface area (Å²) in [6, 6.07) is 5.68. The Morgan fingerprint density at radius 2 is 2.12 bits per heavy atom. The van der Waals surface area contributed by atoms with Gasteiger partial charge >= 0.3 is 0 Å². The van der Waals surface area contributed by atoms with Crippen molar-refractivity contribution < 1.29 is 9.53 Å². The van der Waals surface area contributed by atoms with E-state index >= 15 is 0 Å². The number of hydrogen-bond acceptors (Lipinski definition) is 2. The maximum absolute atomic E-state index is 10.8. The first-order valence-electron chi connectivity index (χ1n) is 6.44. The SMILES string of the molecule is CCCCOc1ccc(C=O)cc1C(C)CC. The summed E-state index contributed by atoms with van der Waals surface area (Å²) in [5, 5.41) is 0. The maximum Gasteiger partial charge on any atom is 0.150 e. The van der Waals surface area contributed by atoms with Gasteiger partial charge in [0.25, 0.3) is 0 Å². The van der Waals surface area contributed by atoms with Gasteiger partial charge in [0.1, 0.15) is 12.0 Å². The van der Waals surface area contributed by atoms with Crippen LogP contribution < -0.4 is 4.74 Å². The van der Waals surface area contributed by atoms with Crippen LogP contribution in [0.25, 0.3) is 0 Å². The smallest absolute Gasteiger partial charge is 0.150 e. The zero-order valence-corrected chi connectivity index (χ0v) is 11.0. The molecule has 0 fully saturated rings. The average molecular weight is 234 g/mol. The average Bonchev–Trinajstić information content (AvgIpc) is 2.38. The molecule has 0 aliphatic carbocycles. The lowest BCUT2D eigenvalue weighted by molar-refractivity contribution is 0.112. The van der Waals surface area contributed by atoms with Crippen molar-refractivity contribution in [1.29, 1.82) is 0 Å². The van der Waals surface area contributed by atoms with Crippen molar-refractivity contribution in [3.05, 3.63) is 29.3 Å². The number of benzene rings is 1. The molecule has 2 nitrogen and oxygen atoms in total. The Labute approximate surface area is 104 Å². The third-order valence-corrected chi connectivity index (χ3v) is 3.07. The number of carbonyl (C=O) groups is 1. The van der Waals surface area contributed by atoms with E-state index in [4.69, 9.17) is 4.74 Å². The van der Waals surface area contributed by atoms with Crippen molar-refractivity contribution in [3.63, 3.8) is 0 Å². The second-order valence-corrected chi connectivity index (χ2v) is 4.43. The summed E-state index contributed by atoms with van der Waals surface area (Å²) in [6.45, 7) is 7.21. The van der Waals surface area contributed by atoms with Gasteiger partial charge in [0.15, 0.2) is 0 Å². The van der Waals surface area contributed by atoms with Crippen LogP contribution in [0.3, 0.4) is 0 Å². The van der Waals surface area contributed by atoms with Gasteiger partial charge in [-0.2, -0.15) is 0 Å². The first-order valence-corrected chi connectivity index (χ1v) is 6.44. The molecule has 0 spiro atoms. The van der Waals surface area contributed by atoms with E-state index in [1.54, 1.807) is 0 Å². The Bertz CT molecular complexity index is 358. The van der Waals surface area contributed by atoms with Crippen molar-refractivity contribution in [3.8, 4) is 5.75 Å². The largest absolute Gasteiger partial charge is 0.493 e. The molecule has 0 radical (unpaired) electrons. The maximum atomic E-state index is 10.8. The van der Waals surface area contributed by atoms with Gasteiger partial charge in [0.05, 0.1) is 6.61 Å². The Balaban J connectivity index is 2.89. The minimum absolute atomic E-state index is 0.423. The topological polar surface area (TPSA) is 26.3 Å². The third-order valence-electron chi connectivity index (χ3n) is 3.07. The normalized spacial score (nSPS) is 12.2. The molecule has 17 heavy (non-hydrogen) atoms. The number of hydrogen-bond donors (Lipinski definition) is 0. The van der Waals surface area contributed by atoms with E-state index < -0.39 is 0 Å². The highest BCUT2D eigenvalue weighted by Crippen LogP contribution is 2.29. The quantitative estimate of drug-likeness (QED) is 0.522. The highest BCUT2D eigenvalue weighted by atomic mass is 16.5. The molecular weight excluding hydrogens is 212 g/mol. The summed E-state index contributed by atoms with van der Waals surface area (Å²) in [4.78, 5) is 10.8. The lowest BCUT2D eigenvalue weighted by Crippen LogP contribution is -2.03. The predicted molar refractivity (Wildman–Crippen MR) is 70.9 cm³/mol. The second-order valence-electron chi connectivity index (χ2n) is 4.43. The van der Waals surface area contributed by atoms with Gasteiger partial charge in [0.2, 0.25) is 0 Å². The molecule has 1 aromatic rings. The first-order chi connectivity index (χ1) is 8.22. The van der Waals surface area contributed by atoms with Crippen molar-refractivity contribution in [2.24, 2.45) is 0 Å². The molecule has 94 valence electrons. The highest BCUT2D eigenvalue weighted by Gasteiger charge is 2.11. The van der Waals surface area contributed by atoms with Crippen LogP contribution in [0.4, 0.5) is 0 Å². The Morgan fingerprint density at radius 1 is 1.35 bits per heavy atom. The summed E-state index contributed by atoms with van der Waals surface area (Å²) in [5.41, 5.74) is 1.87. The fourth-order valence-electron chi connectivity index (χ4n) is 1.70. The van der Waals surface area contributed by atoms with E-state index in [0.29, 0.717) is 5.92 Å². The number of ether oxygens (including phenoxy) is 1. The summed E-state index contributed by atoms with van der Waals surface area (Å²) in [5.74, 6) is 1.35. The van der Waals surface area contributed by atoms with E-state index in [0.717, 1.165) is 49.0 Å². The van der Waals surface area contributed by atoms with Crippen molar-refractivity contribution in [1.82, 2.24) is 0 Å². The van der Waals surface area contributed by atoms with Gasteiger partial charge in [-0.1, -0.05) is 27.2 Å². The lowest BCUT2D eigenvalue weighted by Gasteiger charge is -2.16. The van der Waals surface area contributed by atoms with Crippen molar-refractivity contribution >= 4 is 6.29 Å². The van der Waals surface area contributed by atoms with Crippen LogP contribution in [-0.2, 0) is 0 Å². The number of rotatable bonds is 7. The molecule has 0 saturated carbocycles. The molecule has 1 rings (SSSR count). The van der Waals surface area contributed by atoms with Gasteiger partial charge in [-0.25, -0.2) is 0 Å². The molecule has 1 atom stereocenters. The molecule has 2 heteroatoms. The van der Waals surface area contributed by atoms with Crippen LogP contribution >= 0.6 is 0 Å². The number of aldehydes is 1. The van der Waals surface area contributed by atoms with Crippen LogP contribution in [0.2, 0.25) is 0 Å². The van der Waals surface area contributed by atoms with Gasteiger partial charge in [-0.15, -0.1) is 0 Å². The first kappa shape index (κ1) is 13.8. The monoisotopic (exact) mass is 234 g/mol. The lowest BCUT2D eigenvalue weighted by atomic mass is 9.96. The minimum Gasteiger partial charge on any atom is -0.493 e. The fraction of sp³-hybridized carbons (Fsp3) is 0.533. The minimum atomic E-state index is 0.423. The Kier molecular flexibility index (Phi) is 5.75. The fourth-order valence-corrected chi connectivity index (χ4v) is 1.70. The molecule has 1 unspecified atom stereocenters. The van der Waals surface area contributed by atoms with Crippen LogP contribution in [0.1, 0.15) is 61.9 Å². The van der Waals surface area contributed by atoms with Gasteiger partial charge < -0.3 is 4.74 Å². The number of unbranched alkanes of at least 4 members (excludes halogenated alkanes) is 1. The van der Waals surface area contributed by atoms with Crippen LogP contribution in [0, 0.1) is 0 Å². The summed E-state index contributed by atoms with van der Waals surface area (Å²) in [6.07, 6.45) is 4.13. The van der Waals surface area contributed by atoms with E-state index in [-0.39, 0.29) is 0 Å². The molecule has 0 aromatic heterocycles. The van der Waals surface area contributed by atoms with E-state index in [1.165, 1.54) is 0 Å². The standard InChI is InChI=1S/C15H22O2/c1-4-6-9-17-15-8-7-13(11-16)10-14(15)12(3)5-2/h7-8,10-12H,4-6,9H2,1-3H3. The molecule has 0 aliphatic heterocycles. The van der Waals surface area contributed by atoms with Gasteiger partial charge in [0, 0.05) is 5.56 Å². The second kappa shape index (κ2) is 7.10. The molecular formula is C15H22O2. The highest BCUT2D eigenvalue weighted by molar-refractivity contribution is 5.75. The van der Waals surface area contributed by atoms with Gasteiger partial charge in [-0.05, 0) is 42.5 Å². The van der Waals surface area contributed by atoms with Crippen LogP contribution in [0.15, 0.2) is 18.2 Å². The van der Waals surface area contributed by atoms with Gasteiger partial charge in [-0.3, -0.25) is 4.79 Å². The molecule has 1 aromatic carbocycles.